The number of ether oxygens (including phenoxy) is 3. The standard InChI is InChI=1S/C17H24O4/c1-3-10-20-11-12-21-14-16-13-17(19-2)8-7-15(16)6-4-5-9-18/h7-8,13,18H,3,5,9-12,14H2,1-2H3. The first-order valence-corrected chi connectivity index (χ1v) is 7.24. The summed E-state index contributed by atoms with van der Waals surface area (Å²) in [5, 5.41) is 8.78. The van der Waals surface area contributed by atoms with Gasteiger partial charge in [0.25, 0.3) is 0 Å². The van der Waals surface area contributed by atoms with Gasteiger partial charge in [-0.05, 0) is 30.2 Å². The number of hydrogen-bond donors (Lipinski definition) is 1. The van der Waals surface area contributed by atoms with Crippen LogP contribution in [0, 0.1) is 11.8 Å². The summed E-state index contributed by atoms with van der Waals surface area (Å²) in [6.07, 6.45) is 1.48. The summed E-state index contributed by atoms with van der Waals surface area (Å²) in [5.41, 5.74) is 1.88. The molecule has 0 radical (unpaired) electrons. The molecule has 0 atom stereocenters. The van der Waals surface area contributed by atoms with Crippen molar-refractivity contribution in [1.29, 1.82) is 0 Å². The van der Waals surface area contributed by atoms with Crippen LogP contribution in [0.25, 0.3) is 0 Å². The van der Waals surface area contributed by atoms with Crippen LogP contribution < -0.4 is 4.74 Å². The average Bonchev–Trinajstić information content (AvgIpc) is 2.52. The second-order valence-corrected chi connectivity index (χ2v) is 4.46. The highest BCUT2D eigenvalue weighted by Crippen LogP contribution is 2.18. The van der Waals surface area contributed by atoms with E-state index in [4.69, 9.17) is 19.3 Å². The van der Waals surface area contributed by atoms with Crippen LogP contribution in [0.15, 0.2) is 18.2 Å². The third kappa shape index (κ3) is 7.14. The number of methoxy groups -OCH3 is 1. The summed E-state index contributed by atoms with van der Waals surface area (Å²) in [6, 6.07) is 5.71. The smallest absolute Gasteiger partial charge is 0.119 e. The molecule has 21 heavy (non-hydrogen) atoms. The topological polar surface area (TPSA) is 47.9 Å². The van der Waals surface area contributed by atoms with Crippen molar-refractivity contribution in [2.75, 3.05) is 33.5 Å². The minimum absolute atomic E-state index is 0.0732. The van der Waals surface area contributed by atoms with E-state index in [1.165, 1.54) is 0 Å². The summed E-state index contributed by atoms with van der Waals surface area (Å²) >= 11 is 0. The van der Waals surface area contributed by atoms with E-state index in [9.17, 15) is 0 Å². The van der Waals surface area contributed by atoms with Crippen molar-refractivity contribution in [3.63, 3.8) is 0 Å². The monoisotopic (exact) mass is 292 g/mol. The fourth-order valence-corrected chi connectivity index (χ4v) is 1.70. The molecule has 4 nitrogen and oxygen atoms in total. The van der Waals surface area contributed by atoms with Crippen molar-refractivity contribution in [2.45, 2.75) is 26.4 Å². The van der Waals surface area contributed by atoms with Crippen LogP contribution in [0.4, 0.5) is 0 Å². The largest absolute Gasteiger partial charge is 0.497 e. The second kappa shape index (κ2) is 11.2. The SMILES string of the molecule is CCCOCCOCc1cc(OC)ccc1C#CCCO. The van der Waals surface area contributed by atoms with Crippen LogP contribution in [-0.4, -0.2) is 38.6 Å². The van der Waals surface area contributed by atoms with Gasteiger partial charge in [0.05, 0.1) is 33.5 Å². The Morgan fingerprint density at radius 3 is 2.67 bits per heavy atom. The van der Waals surface area contributed by atoms with E-state index in [-0.39, 0.29) is 6.61 Å². The van der Waals surface area contributed by atoms with Crippen molar-refractivity contribution in [1.82, 2.24) is 0 Å². The number of aliphatic hydroxyl groups excluding tert-OH is 1. The Labute approximate surface area is 127 Å². The van der Waals surface area contributed by atoms with Crippen LogP contribution in [0.5, 0.6) is 5.75 Å². The third-order valence-corrected chi connectivity index (χ3v) is 2.75. The first-order valence-electron chi connectivity index (χ1n) is 7.24. The van der Waals surface area contributed by atoms with E-state index in [0.29, 0.717) is 26.2 Å². The van der Waals surface area contributed by atoms with Gasteiger partial charge in [-0.15, -0.1) is 0 Å². The Morgan fingerprint density at radius 2 is 1.95 bits per heavy atom. The molecule has 0 saturated carbocycles. The first-order chi connectivity index (χ1) is 10.3. The van der Waals surface area contributed by atoms with Gasteiger partial charge in [0.1, 0.15) is 5.75 Å². The zero-order valence-electron chi connectivity index (χ0n) is 12.9. The van der Waals surface area contributed by atoms with Crippen molar-refractivity contribution in [3.05, 3.63) is 29.3 Å². The molecular formula is C17H24O4. The quantitative estimate of drug-likeness (QED) is 0.561. The van der Waals surface area contributed by atoms with Crippen LogP contribution in [0.2, 0.25) is 0 Å². The zero-order chi connectivity index (χ0) is 15.3. The lowest BCUT2D eigenvalue weighted by molar-refractivity contribution is 0.0407. The summed E-state index contributed by atoms with van der Waals surface area (Å²) in [7, 11) is 1.63. The lowest BCUT2D eigenvalue weighted by Crippen LogP contribution is -2.05. The summed E-state index contributed by atoms with van der Waals surface area (Å²) in [5.74, 6) is 6.76. The van der Waals surface area contributed by atoms with Gasteiger partial charge in [-0.3, -0.25) is 0 Å². The van der Waals surface area contributed by atoms with E-state index in [2.05, 4.69) is 18.8 Å². The van der Waals surface area contributed by atoms with E-state index in [1.807, 2.05) is 18.2 Å². The first kappa shape index (κ1) is 17.5. The molecule has 0 fully saturated rings. The van der Waals surface area contributed by atoms with Gasteiger partial charge in [0.2, 0.25) is 0 Å². The van der Waals surface area contributed by atoms with E-state index < -0.39 is 0 Å². The molecule has 0 aliphatic rings. The van der Waals surface area contributed by atoms with E-state index >= 15 is 0 Å². The molecular weight excluding hydrogens is 268 g/mol. The molecule has 1 aromatic rings. The number of hydrogen-bond acceptors (Lipinski definition) is 4. The summed E-state index contributed by atoms with van der Waals surface area (Å²) < 4.78 is 16.2. The number of rotatable bonds is 9. The minimum atomic E-state index is 0.0732. The predicted octanol–water partition coefficient (Wildman–Crippen LogP) is 2.37. The second-order valence-electron chi connectivity index (χ2n) is 4.46. The Hall–Kier alpha value is -1.54. The molecule has 1 aromatic carbocycles. The number of benzene rings is 1. The zero-order valence-corrected chi connectivity index (χ0v) is 12.9. The van der Waals surface area contributed by atoms with Crippen molar-refractivity contribution >= 4 is 0 Å². The van der Waals surface area contributed by atoms with Crippen molar-refractivity contribution in [3.8, 4) is 17.6 Å². The molecule has 0 aliphatic heterocycles. The molecule has 4 heteroatoms. The van der Waals surface area contributed by atoms with Crippen LogP contribution in [0.1, 0.15) is 30.9 Å². The Bertz CT molecular complexity index is 460. The highest BCUT2D eigenvalue weighted by atomic mass is 16.5. The number of aliphatic hydroxyl groups is 1. The van der Waals surface area contributed by atoms with Crippen molar-refractivity contribution in [2.24, 2.45) is 0 Å². The van der Waals surface area contributed by atoms with Gasteiger partial charge in [-0.25, -0.2) is 0 Å². The molecule has 0 heterocycles. The van der Waals surface area contributed by atoms with Gasteiger partial charge >= 0.3 is 0 Å². The summed E-state index contributed by atoms with van der Waals surface area (Å²) in [6.45, 7) is 4.54. The predicted molar refractivity (Wildman–Crippen MR) is 82.3 cm³/mol. The van der Waals surface area contributed by atoms with Crippen LogP contribution in [0.3, 0.4) is 0 Å². The lowest BCUT2D eigenvalue weighted by Gasteiger charge is -2.09. The molecule has 0 amide bonds. The molecule has 116 valence electrons. The fraction of sp³-hybridized carbons (Fsp3) is 0.529. The van der Waals surface area contributed by atoms with Gasteiger partial charge in [-0.2, -0.15) is 0 Å². The van der Waals surface area contributed by atoms with Crippen LogP contribution in [-0.2, 0) is 16.1 Å². The maximum atomic E-state index is 8.78. The van der Waals surface area contributed by atoms with Gasteiger partial charge in [0, 0.05) is 18.6 Å². The van der Waals surface area contributed by atoms with Gasteiger partial charge in [-0.1, -0.05) is 18.8 Å². The molecule has 0 aromatic heterocycles. The fourth-order valence-electron chi connectivity index (χ4n) is 1.70. The van der Waals surface area contributed by atoms with E-state index in [0.717, 1.165) is 29.9 Å². The molecule has 0 spiro atoms. The normalized spacial score (nSPS) is 10.0. The molecule has 0 bridgehead atoms. The average molecular weight is 292 g/mol. The Kier molecular flexibility index (Phi) is 9.30. The molecule has 1 rings (SSSR count). The van der Waals surface area contributed by atoms with Gasteiger partial charge < -0.3 is 19.3 Å². The van der Waals surface area contributed by atoms with Crippen LogP contribution >= 0.6 is 0 Å². The summed E-state index contributed by atoms with van der Waals surface area (Å²) in [4.78, 5) is 0. The molecule has 0 saturated heterocycles. The lowest BCUT2D eigenvalue weighted by atomic mass is 10.1. The maximum absolute atomic E-state index is 8.78. The highest BCUT2D eigenvalue weighted by Gasteiger charge is 2.03. The Balaban J connectivity index is 2.58. The van der Waals surface area contributed by atoms with Gasteiger partial charge in [0.15, 0.2) is 0 Å². The molecule has 1 N–H and O–H groups in total. The highest BCUT2D eigenvalue weighted by molar-refractivity contribution is 5.45. The van der Waals surface area contributed by atoms with Crippen molar-refractivity contribution < 1.29 is 19.3 Å². The minimum Gasteiger partial charge on any atom is -0.497 e. The molecule has 0 aliphatic carbocycles. The molecule has 0 unspecified atom stereocenters. The maximum Gasteiger partial charge on any atom is 0.119 e. The third-order valence-electron chi connectivity index (χ3n) is 2.75. The van der Waals surface area contributed by atoms with E-state index in [1.54, 1.807) is 7.11 Å². The Morgan fingerprint density at radius 1 is 1.14 bits per heavy atom.